The number of piperidine rings is 1. The monoisotopic (exact) mass is 309 g/mol. The molecule has 1 aromatic carbocycles. The molecule has 3 rings (SSSR count). The number of fused-ring (bicyclic) bond motifs is 1. The summed E-state index contributed by atoms with van der Waals surface area (Å²) >= 11 is 5.88. The van der Waals surface area contributed by atoms with Crippen LogP contribution in [0.15, 0.2) is 18.2 Å². The van der Waals surface area contributed by atoms with Gasteiger partial charge in [-0.05, 0) is 51.0 Å². The lowest BCUT2D eigenvalue weighted by molar-refractivity contribution is 0.205. The Balaban J connectivity index is 1.92. The molecule has 1 saturated heterocycles. The summed E-state index contributed by atoms with van der Waals surface area (Å²) in [6.07, 6.45) is 3.06. The minimum atomic E-state index is -0.245. The van der Waals surface area contributed by atoms with E-state index in [0.29, 0.717) is 23.7 Å². The van der Waals surface area contributed by atoms with E-state index in [1.165, 1.54) is 18.9 Å². The van der Waals surface area contributed by atoms with Crippen LogP contribution in [0.3, 0.4) is 0 Å². The standard InChI is InChI=1S/C16H21ClFN3/c1-20-9-6-12(7-10-20)11-21-14-4-2-3-13(18)16(14)19-15(21)5-8-17/h2-4,12H,5-11H2,1H3. The molecule has 0 unspecified atom stereocenters. The molecule has 1 aliphatic heterocycles. The Kier molecular flexibility index (Phi) is 4.45. The Labute approximate surface area is 129 Å². The number of halogens is 2. The van der Waals surface area contributed by atoms with Crippen molar-refractivity contribution in [2.45, 2.75) is 25.8 Å². The van der Waals surface area contributed by atoms with Crippen molar-refractivity contribution in [1.82, 2.24) is 14.5 Å². The van der Waals surface area contributed by atoms with Crippen LogP contribution in [0.5, 0.6) is 0 Å². The van der Waals surface area contributed by atoms with Crippen LogP contribution < -0.4 is 0 Å². The van der Waals surface area contributed by atoms with Crippen molar-refractivity contribution in [3.63, 3.8) is 0 Å². The predicted molar refractivity (Wildman–Crippen MR) is 84.3 cm³/mol. The fourth-order valence-corrected chi connectivity index (χ4v) is 3.31. The number of likely N-dealkylation sites (tertiary alicyclic amines) is 1. The van der Waals surface area contributed by atoms with E-state index < -0.39 is 0 Å². The highest BCUT2D eigenvalue weighted by Gasteiger charge is 2.20. The van der Waals surface area contributed by atoms with Crippen molar-refractivity contribution in [3.05, 3.63) is 29.8 Å². The lowest BCUT2D eigenvalue weighted by Crippen LogP contribution is -2.32. The third kappa shape index (κ3) is 3.06. The fraction of sp³-hybridized carbons (Fsp3) is 0.562. The second-order valence-corrected chi connectivity index (χ2v) is 6.31. The van der Waals surface area contributed by atoms with E-state index >= 15 is 0 Å². The third-order valence-electron chi connectivity index (χ3n) is 4.41. The first-order valence-electron chi connectivity index (χ1n) is 7.57. The smallest absolute Gasteiger partial charge is 0.151 e. The Bertz CT molecular complexity index is 617. The molecular weight excluding hydrogens is 289 g/mol. The minimum Gasteiger partial charge on any atom is -0.328 e. The van der Waals surface area contributed by atoms with Gasteiger partial charge in [0, 0.05) is 18.8 Å². The zero-order valence-corrected chi connectivity index (χ0v) is 13.1. The van der Waals surface area contributed by atoms with Crippen LogP contribution in [0.4, 0.5) is 4.39 Å². The molecule has 0 atom stereocenters. The van der Waals surface area contributed by atoms with Gasteiger partial charge in [0.05, 0.1) is 5.52 Å². The van der Waals surface area contributed by atoms with Gasteiger partial charge in [0.25, 0.3) is 0 Å². The number of aromatic nitrogens is 2. The molecule has 21 heavy (non-hydrogen) atoms. The molecule has 0 aliphatic carbocycles. The third-order valence-corrected chi connectivity index (χ3v) is 4.59. The topological polar surface area (TPSA) is 21.1 Å². The van der Waals surface area contributed by atoms with Crippen LogP contribution in [0, 0.1) is 11.7 Å². The maximum atomic E-state index is 13.9. The van der Waals surface area contributed by atoms with Crippen LogP contribution in [0.1, 0.15) is 18.7 Å². The number of imidazole rings is 1. The van der Waals surface area contributed by atoms with Crippen LogP contribution in [0.2, 0.25) is 0 Å². The quantitative estimate of drug-likeness (QED) is 0.808. The summed E-state index contributed by atoms with van der Waals surface area (Å²) in [7, 11) is 2.16. The second-order valence-electron chi connectivity index (χ2n) is 5.93. The maximum Gasteiger partial charge on any atom is 0.151 e. The zero-order valence-electron chi connectivity index (χ0n) is 12.4. The minimum absolute atomic E-state index is 0.245. The highest BCUT2D eigenvalue weighted by molar-refractivity contribution is 6.17. The summed E-state index contributed by atoms with van der Waals surface area (Å²) < 4.78 is 16.1. The summed E-state index contributed by atoms with van der Waals surface area (Å²) in [4.78, 5) is 6.84. The van der Waals surface area contributed by atoms with Gasteiger partial charge < -0.3 is 9.47 Å². The van der Waals surface area contributed by atoms with Crippen LogP contribution in [0.25, 0.3) is 11.0 Å². The molecule has 0 amide bonds. The van der Waals surface area contributed by atoms with Crippen molar-refractivity contribution in [2.75, 3.05) is 26.0 Å². The first-order valence-corrected chi connectivity index (χ1v) is 8.10. The second kappa shape index (κ2) is 6.32. The molecule has 0 saturated carbocycles. The van der Waals surface area contributed by atoms with Gasteiger partial charge in [-0.3, -0.25) is 0 Å². The number of alkyl halides is 1. The van der Waals surface area contributed by atoms with Gasteiger partial charge in [-0.2, -0.15) is 0 Å². The van der Waals surface area contributed by atoms with Crippen LogP contribution >= 0.6 is 11.6 Å². The number of rotatable bonds is 4. The Morgan fingerprint density at radius 2 is 2.10 bits per heavy atom. The number of nitrogens with zero attached hydrogens (tertiary/aromatic N) is 3. The average Bonchev–Trinajstić information content (AvgIpc) is 2.82. The molecular formula is C16H21ClFN3. The van der Waals surface area contributed by atoms with Gasteiger partial charge in [0.2, 0.25) is 0 Å². The van der Waals surface area contributed by atoms with E-state index in [0.717, 1.165) is 31.0 Å². The highest BCUT2D eigenvalue weighted by Crippen LogP contribution is 2.24. The van der Waals surface area contributed by atoms with E-state index in [1.807, 2.05) is 6.07 Å². The van der Waals surface area contributed by atoms with E-state index in [4.69, 9.17) is 11.6 Å². The SMILES string of the molecule is CN1CCC(Cn2c(CCCl)nc3c(F)cccc32)CC1. The molecule has 114 valence electrons. The first kappa shape index (κ1) is 14.8. The lowest BCUT2D eigenvalue weighted by atomic mass is 9.97. The summed E-state index contributed by atoms with van der Waals surface area (Å²) in [5.41, 5.74) is 1.37. The van der Waals surface area contributed by atoms with Gasteiger partial charge in [-0.25, -0.2) is 9.37 Å². The molecule has 2 aromatic rings. The molecule has 1 aliphatic rings. The van der Waals surface area contributed by atoms with Crippen LogP contribution in [-0.2, 0) is 13.0 Å². The molecule has 1 fully saturated rings. The Morgan fingerprint density at radius 3 is 2.81 bits per heavy atom. The Morgan fingerprint density at radius 1 is 1.33 bits per heavy atom. The van der Waals surface area contributed by atoms with Gasteiger partial charge >= 0.3 is 0 Å². The van der Waals surface area contributed by atoms with Gasteiger partial charge in [-0.1, -0.05) is 6.07 Å². The number of benzene rings is 1. The first-order chi connectivity index (χ1) is 10.2. The molecule has 1 aromatic heterocycles. The van der Waals surface area contributed by atoms with Gasteiger partial charge in [0.15, 0.2) is 5.82 Å². The lowest BCUT2D eigenvalue weighted by Gasteiger charge is -2.29. The summed E-state index contributed by atoms with van der Waals surface area (Å²) in [6.45, 7) is 3.19. The van der Waals surface area contributed by atoms with Crippen molar-refractivity contribution < 1.29 is 4.39 Å². The normalized spacial score (nSPS) is 17.7. The van der Waals surface area contributed by atoms with E-state index in [1.54, 1.807) is 6.07 Å². The number of aryl methyl sites for hydroxylation is 1. The number of hydrogen-bond donors (Lipinski definition) is 0. The molecule has 0 radical (unpaired) electrons. The highest BCUT2D eigenvalue weighted by atomic mass is 35.5. The van der Waals surface area contributed by atoms with Crippen molar-refractivity contribution in [1.29, 1.82) is 0 Å². The van der Waals surface area contributed by atoms with Crippen LogP contribution in [-0.4, -0.2) is 40.5 Å². The average molecular weight is 310 g/mol. The largest absolute Gasteiger partial charge is 0.328 e. The molecule has 0 bridgehead atoms. The summed E-state index contributed by atoms with van der Waals surface area (Å²) in [5.74, 6) is 1.81. The molecule has 0 N–H and O–H groups in total. The van der Waals surface area contributed by atoms with E-state index in [-0.39, 0.29) is 5.82 Å². The van der Waals surface area contributed by atoms with E-state index in [9.17, 15) is 4.39 Å². The predicted octanol–water partition coefficient (Wildman–Crippen LogP) is 3.30. The fourth-order valence-electron chi connectivity index (χ4n) is 3.14. The summed E-state index contributed by atoms with van der Waals surface area (Å²) in [6, 6.07) is 5.19. The Hall–Kier alpha value is -1.13. The van der Waals surface area contributed by atoms with Gasteiger partial charge in [0.1, 0.15) is 11.3 Å². The van der Waals surface area contributed by atoms with Crippen molar-refractivity contribution >= 4 is 22.6 Å². The molecule has 2 heterocycles. The van der Waals surface area contributed by atoms with E-state index in [2.05, 4.69) is 21.5 Å². The number of hydrogen-bond acceptors (Lipinski definition) is 2. The zero-order chi connectivity index (χ0) is 14.8. The molecule has 3 nitrogen and oxygen atoms in total. The maximum absolute atomic E-state index is 13.9. The van der Waals surface area contributed by atoms with Gasteiger partial charge in [-0.15, -0.1) is 11.6 Å². The molecule has 0 spiro atoms. The van der Waals surface area contributed by atoms with Crippen molar-refractivity contribution in [3.8, 4) is 0 Å². The summed E-state index contributed by atoms with van der Waals surface area (Å²) in [5, 5.41) is 0. The molecule has 5 heteroatoms. The number of para-hydroxylation sites is 1. The van der Waals surface area contributed by atoms with Crippen molar-refractivity contribution in [2.24, 2.45) is 5.92 Å².